The molecule has 0 spiro atoms. The Balaban J connectivity index is 1.59. The van der Waals surface area contributed by atoms with Gasteiger partial charge in [-0.3, -0.25) is 0 Å². The molecule has 0 aliphatic rings. The van der Waals surface area contributed by atoms with Crippen molar-refractivity contribution < 1.29 is 0 Å². The van der Waals surface area contributed by atoms with Crippen molar-refractivity contribution in [1.82, 2.24) is 39.7 Å². The third kappa shape index (κ3) is 3.64. The molecule has 0 fully saturated rings. The first-order chi connectivity index (χ1) is 16.9. The molecule has 0 saturated carbocycles. The first-order valence-electron chi connectivity index (χ1n) is 10.7. The van der Waals surface area contributed by atoms with Gasteiger partial charge in [0.15, 0.2) is 0 Å². The molecule has 34 heavy (non-hydrogen) atoms. The average Bonchev–Trinajstić information content (AvgIpc) is 3.68. The van der Waals surface area contributed by atoms with Crippen LogP contribution in [0.5, 0.6) is 0 Å². The second-order valence-electron chi connectivity index (χ2n) is 7.47. The molecule has 0 aromatic carbocycles. The van der Waals surface area contributed by atoms with Crippen LogP contribution < -0.4 is 0 Å². The van der Waals surface area contributed by atoms with Gasteiger partial charge in [0.1, 0.15) is 0 Å². The van der Waals surface area contributed by atoms with E-state index in [-0.39, 0.29) is 0 Å². The van der Waals surface area contributed by atoms with Crippen LogP contribution in [0.25, 0.3) is 34.6 Å². The van der Waals surface area contributed by atoms with E-state index in [4.69, 9.17) is 0 Å². The van der Waals surface area contributed by atoms with Crippen LogP contribution in [0.3, 0.4) is 0 Å². The van der Waals surface area contributed by atoms with Gasteiger partial charge in [-0.25, -0.2) is 0 Å². The van der Waals surface area contributed by atoms with E-state index in [1.54, 1.807) is 18.6 Å². The summed E-state index contributed by atoms with van der Waals surface area (Å²) in [6.07, 6.45) is 16.8. The summed E-state index contributed by atoms with van der Waals surface area (Å²) in [6, 6.07) is 17.5. The molecule has 6 aromatic heterocycles. The van der Waals surface area contributed by atoms with Crippen molar-refractivity contribution in [2.75, 3.05) is 0 Å². The molecule has 9 nitrogen and oxygen atoms in total. The van der Waals surface area contributed by atoms with E-state index in [2.05, 4.69) is 39.7 Å². The third-order valence-electron chi connectivity index (χ3n) is 5.43. The van der Waals surface area contributed by atoms with E-state index in [1.165, 1.54) is 0 Å². The fourth-order valence-electron chi connectivity index (χ4n) is 3.98. The molecule has 162 valence electrons. The minimum absolute atomic E-state index is 0.798. The molecule has 10 heteroatoms. The van der Waals surface area contributed by atoms with Crippen LogP contribution >= 0.6 is 0 Å². The molecule has 0 N–H and O–H groups in total. The maximum absolute atomic E-state index is 4.68. The van der Waals surface area contributed by atoms with Gasteiger partial charge in [0, 0.05) is 0 Å². The molecule has 6 aromatic rings. The second-order valence-corrected chi connectivity index (χ2v) is 12.4. The van der Waals surface area contributed by atoms with Crippen LogP contribution in [0.2, 0.25) is 0 Å². The van der Waals surface area contributed by atoms with Crippen LogP contribution in [0.4, 0.5) is 0 Å². The molecular formula is C24H18GaN9. The van der Waals surface area contributed by atoms with Gasteiger partial charge >= 0.3 is 202 Å². The van der Waals surface area contributed by atoms with Gasteiger partial charge < -0.3 is 0 Å². The Bertz CT molecular complexity index is 1320. The summed E-state index contributed by atoms with van der Waals surface area (Å²) in [6.45, 7) is 0. The molecule has 6 heterocycles. The Morgan fingerprint density at radius 2 is 0.765 bits per heavy atom. The van der Waals surface area contributed by atoms with Crippen LogP contribution in [0, 0.1) is 0 Å². The fourth-order valence-corrected chi connectivity index (χ4v) is 9.75. The predicted molar refractivity (Wildman–Crippen MR) is 128 cm³/mol. The first kappa shape index (κ1) is 20.3. The van der Waals surface area contributed by atoms with Gasteiger partial charge in [0.05, 0.1) is 0 Å². The van der Waals surface area contributed by atoms with Crippen molar-refractivity contribution in [2.24, 2.45) is 0 Å². The number of nitrogens with zero attached hydrogens (tertiary/aromatic N) is 9. The van der Waals surface area contributed by atoms with E-state index in [9.17, 15) is 0 Å². The summed E-state index contributed by atoms with van der Waals surface area (Å²) < 4.78 is 6.70. The monoisotopic (exact) mass is 501 g/mol. The van der Waals surface area contributed by atoms with Crippen molar-refractivity contribution in [3.05, 3.63) is 110 Å². The Morgan fingerprint density at radius 1 is 0.412 bits per heavy atom. The summed E-state index contributed by atoms with van der Waals surface area (Å²) in [5.41, 5.74) is 2.42. The van der Waals surface area contributed by atoms with Gasteiger partial charge in [0.2, 0.25) is 0 Å². The molecule has 0 unspecified atom stereocenters. The molecular weight excluding hydrogens is 484 g/mol. The normalized spacial score (nSPS) is 10.9. The number of rotatable bonds is 6. The van der Waals surface area contributed by atoms with Gasteiger partial charge in [-0.1, -0.05) is 0 Å². The summed E-state index contributed by atoms with van der Waals surface area (Å²) in [7, 11) is 0. The second kappa shape index (κ2) is 8.92. The molecule has 0 aliphatic carbocycles. The van der Waals surface area contributed by atoms with Crippen LogP contribution in [-0.4, -0.2) is 56.7 Å². The molecule has 0 saturated heterocycles. The molecule has 0 bridgehead atoms. The van der Waals surface area contributed by atoms with Crippen molar-refractivity contribution in [3.8, 4) is 34.6 Å². The number of pyridine rings is 3. The number of hydrogen-bond acceptors (Lipinski definition) is 6. The fraction of sp³-hybridized carbons (Fsp3) is 0. The summed E-state index contributed by atoms with van der Waals surface area (Å²) in [5, 5.41) is 0. The SMILES string of the molecule is c1ccc(-c2ncc[n]2[Ga]([n]2ccnc2-c2ccccn2)[n]2ccnc2-c2ccccn2)nc1. The zero-order valence-electron chi connectivity index (χ0n) is 18.0. The first-order valence-corrected chi connectivity index (χ1v) is 14.0. The van der Waals surface area contributed by atoms with Crippen molar-refractivity contribution >= 4 is 16.9 Å². The average molecular weight is 502 g/mol. The van der Waals surface area contributed by atoms with Crippen LogP contribution in [0.1, 0.15) is 0 Å². The van der Waals surface area contributed by atoms with Crippen LogP contribution in [0.15, 0.2) is 110 Å². The summed E-state index contributed by atoms with van der Waals surface area (Å²) >= 11 is -3.02. The molecule has 0 radical (unpaired) electrons. The minimum atomic E-state index is -3.02. The summed E-state index contributed by atoms with van der Waals surface area (Å²) in [4.78, 5) is 27.7. The van der Waals surface area contributed by atoms with Crippen molar-refractivity contribution in [1.29, 1.82) is 0 Å². The van der Waals surface area contributed by atoms with Gasteiger partial charge in [-0.15, -0.1) is 0 Å². The quantitative estimate of drug-likeness (QED) is 0.325. The Morgan fingerprint density at radius 3 is 1.06 bits per heavy atom. The van der Waals surface area contributed by atoms with E-state index < -0.39 is 16.9 Å². The van der Waals surface area contributed by atoms with Gasteiger partial charge in [-0.05, 0) is 0 Å². The number of hydrogen-bond donors (Lipinski definition) is 0. The van der Waals surface area contributed by atoms with E-state index in [1.807, 2.05) is 91.8 Å². The van der Waals surface area contributed by atoms with E-state index in [0.29, 0.717) is 0 Å². The molecule has 6 rings (SSSR count). The Labute approximate surface area is 201 Å². The topological polar surface area (TPSA) is 92.1 Å². The Kier molecular flexibility index (Phi) is 5.34. The number of aromatic nitrogens is 9. The molecule has 0 aliphatic heterocycles. The predicted octanol–water partition coefficient (Wildman–Crippen LogP) is 3.39. The number of imidazole rings is 3. The van der Waals surface area contributed by atoms with Crippen molar-refractivity contribution in [3.63, 3.8) is 0 Å². The zero-order valence-corrected chi connectivity index (χ0v) is 20.4. The maximum atomic E-state index is 4.68. The van der Waals surface area contributed by atoms with E-state index in [0.717, 1.165) is 34.6 Å². The van der Waals surface area contributed by atoms with Crippen molar-refractivity contribution in [2.45, 2.75) is 0 Å². The standard InChI is InChI=1S/3C8H6N3.Ga/c3*1-2-4-9-7(3-1)8-10-5-6-11-8;/h3*1-6H;/q3*-1;+3. The summed E-state index contributed by atoms with van der Waals surface area (Å²) in [5.74, 6) is 2.39. The van der Waals surface area contributed by atoms with E-state index >= 15 is 0 Å². The van der Waals surface area contributed by atoms with Gasteiger partial charge in [-0.2, -0.15) is 0 Å². The molecule has 0 amide bonds. The Hall–Kier alpha value is -4.28. The van der Waals surface area contributed by atoms with Gasteiger partial charge in [0.25, 0.3) is 0 Å². The zero-order chi connectivity index (χ0) is 22.7. The molecule has 0 atom stereocenters. The van der Waals surface area contributed by atoms with Crippen LogP contribution in [-0.2, 0) is 0 Å². The third-order valence-corrected chi connectivity index (χ3v) is 11.2.